The second-order valence-corrected chi connectivity index (χ2v) is 11.5. The number of likely N-dealkylation sites (tertiary alicyclic amines) is 1. The number of hydrogen-bond donors (Lipinski definition) is 3. The van der Waals surface area contributed by atoms with E-state index in [0.29, 0.717) is 30.8 Å². The first kappa shape index (κ1) is 29.8. The number of halogens is 2. The van der Waals surface area contributed by atoms with Crippen molar-refractivity contribution in [1.29, 1.82) is 0 Å². The number of nitrogens with zero attached hydrogens (tertiary/aromatic N) is 4. The Bertz CT molecular complexity index is 1850. The van der Waals surface area contributed by atoms with Crippen molar-refractivity contribution in [2.75, 3.05) is 25.0 Å². The Hall–Kier alpha value is -5.23. The number of aromatic hydroxyl groups is 1. The molecule has 3 N–H and O–H groups in total. The van der Waals surface area contributed by atoms with Crippen molar-refractivity contribution < 1.29 is 33.8 Å². The predicted molar refractivity (Wildman–Crippen MR) is 161 cm³/mol. The van der Waals surface area contributed by atoms with Gasteiger partial charge in [-0.1, -0.05) is 35.9 Å². The van der Waals surface area contributed by atoms with Crippen molar-refractivity contribution in [3.63, 3.8) is 0 Å². The number of phenolic OH excluding ortho intramolecular Hbond substituents is 1. The zero-order valence-electron chi connectivity index (χ0n) is 23.7. The predicted octanol–water partition coefficient (Wildman–Crippen LogP) is 3.62. The second-order valence-electron chi connectivity index (χ2n) is 11.0. The van der Waals surface area contributed by atoms with Gasteiger partial charge in [0.25, 0.3) is 12.4 Å². The van der Waals surface area contributed by atoms with Gasteiger partial charge in [0.1, 0.15) is 22.7 Å². The zero-order chi connectivity index (χ0) is 31.9. The maximum Gasteiger partial charge on any atom is 0.290 e. The first-order valence-corrected chi connectivity index (χ1v) is 14.4. The summed E-state index contributed by atoms with van der Waals surface area (Å²) in [6, 6.07) is 16.5. The molecular weight excluding hydrogens is 605 g/mol. The third-order valence-corrected chi connectivity index (χ3v) is 8.86. The van der Waals surface area contributed by atoms with Crippen molar-refractivity contribution >= 4 is 41.5 Å². The molecule has 0 aliphatic carbocycles. The summed E-state index contributed by atoms with van der Waals surface area (Å²) < 4.78 is 16.2. The van der Waals surface area contributed by atoms with Gasteiger partial charge in [0.2, 0.25) is 11.8 Å². The molecule has 2 unspecified atom stereocenters. The number of fused-ring (bicyclic) bond motifs is 3. The van der Waals surface area contributed by atoms with Crippen LogP contribution in [0.25, 0.3) is 5.69 Å². The quantitative estimate of drug-likeness (QED) is 0.293. The lowest BCUT2D eigenvalue weighted by Gasteiger charge is -2.35. The molecule has 3 aliphatic heterocycles. The van der Waals surface area contributed by atoms with Crippen molar-refractivity contribution in [3.05, 3.63) is 106 Å². The standard InChI is InChI=1S/C31H25ClFN5O4.CH2O2/c32-20-6-8-26(24(33)12-20)38-17-34-13-27(38)29(41)37-15-23(31(16-37)22-3-1-2-4-25(22)35-30(31)42)28(40)36-10-9-18-11-21(39)7-5-19(18)14-36;2-1-3/h1-8,11-13,17,23,39H,9-10,14-16H2,(H,35,42);1H,(H,2,3). The largest absolute Gasteiger partial charge is 0.508 e. The van der Waals surface area contributed by atoms with Crippen molar-refractivity contribution in [2.24, 2.45) is 5.92 Å². The van der Waals surface area contributed by atoms with Crippen molar-refractivity contribution in [2.45, 2.75) is 18.4 Å². The number of phenols is 1. The number of benzene rings is 3. The third-order valence-electron chi connectivity index (χ3n) is 8.63. The number of nitrogens with one attached hydrogen (secondary N) is 1. The number of amides is 3. The highest BCUT2D eigenvalue weighted by Crippen LogP contribution is 2.48. The average Bonchev–Trinajstić information content (AvgIpc) is 3.74. The molecule has 0 radical (unpaired) electrons. The lowest BCUT2D eigenvalue weighted by Crippen LogP contribution is -2.50. The van der Waals surface area contributed by atoms with Crippen molar-refractivity contribution in [1.82, 2.24) is 19.4 Å². The number of carbonyl (C=O) groups excluding carboxylic acids is 3. The highest BCUT2D eigenvalue weighted by atomic mass is 35.5. The van der Waals surface area contributed by atoms with E-state index in [-0.39, 0.29) is 53.5 Å². The molecule has 0 saturated carbocycles. The van der Waals surface area contributed by atoms with E-state index in [1.807, 2.05) is 18.2 Å². The van der Waals surface area contributed by atoms with Gasteiger partial charge < -0.3 is 25.3 Å². The number of para-hydroxylation sites is 1. The number of aromatic nitrogens is 2. The summed E-state index contributed by atoms with van der Waals surface area (Å²) >= 11 is 5.93. The van der Waals surface area contributed by atoms with Gasteiger partial charge in [-0.3, -0.25) is 23.7 Å². The highest BCUT2D eigenvalue weighted by molar-refractivity contribution is 6.30. The van der Waals surface area contributed by atoms with Crippen LogP contribution in [0, 0.1) is 11.7 Å². The van der Waals surface area contributed by atoms with Gasteiger partial charge in [-0.15, -0.1) is 0 Å². The van der Waals surface area contributed by atoms with Crippen LogP contribution in [-0.4, -0.2) is 73.4 Å². The van der Waals surface area contributed by atoms with Crippen molar-refractivity contribution in [3.8, 4) is 11.4 Å². The highest BCUT2D eigenvalue weighted by Gasteiger charge is 2.61. The smallest absolute Gasteiger partial charge is 0.290 e. The molecular formula is C32H27ClFN5O6. The first-order chi connectivity index (χ1) is 21.7. The first-order valence-electron chi connectivity index (χ1n) is 14.0. The van der Waals surface area contributed by atoms with Crippen LogP contribution in [0.2, 0.25) is 5.02 Å². The molecule has 230 valence electrons. The molecule has 1 spiro atoms. The summed E-state index contributed by atoms with van der Waals surface area (Å²) in [5.74, 6) is -2.34. The van der Waals surface area contributed by atoms with Crippen LogP contribution in [0.15, 0.2) is 73.2 Å². The van der Waals surface area contributed by atoms with E-state index in [9.17, 15) is 23.9 Å². The lowest BCUT2D eigenvalue weighted by molar-refractivity contribution is -0.140. The molecule has 13 heteroatoms. The average molecular weight is 632 g/mol. The van der Waals surface area contributed by atoms with Gasteiger partial charge in [-0.05, 0) is 59.5 Å². The fourth-order valence-corrected chi connectivity index (χ4v) is 6.73. The number of imidazole rings is 1. The molecule has 3 aliphatic rings. The van der Waals surface area contributed by atoms with E-state index in [2.05, 4.69) is 10.3 Å². The van der Waals surface area contributed by atoms with Crippen LogP contribution in [0.1, 0.15) is 27.2 Å². The van der Waals surface area contributed by atoms with Crippen LogP contribution < -0.4 is 5.32 Å². The zero-order valence-corrected chi connectivity index (χ0v) is 24.4. The Kier molecular flexibility index (Phi) is 7.75. The minimum atomic E-state index is -1.30. The molecule has 45 heavy (non-hydrogen) atoms. The molecule has 0 bridgehead atoms. The van der Waals surface area contributed by atoms with E-state index in [1.54, 1.807) is 29.2 Å². The summed E-state index contributed by atoms with van der Waals surface area (Å²) in [7, 11) is 0. The fraction of sp³-hybridized carbons (Fsp3) is 0.219. The monoisotopic (exact) mass is 631 g/mol. The topological polar surface area (TPSA) is 145 Å². The van der Waals surface area contributed by atoms with Gasteiger partial charge >= 0.3 is 0 Å². The normalized spacial score (nSPS) is 19.8. The maximum atomic E-state index is 14.8. The van der Waals surface area contributed by atoms with Crippen LogP contribution >= 0.6 is 11.6 Å². The Labute approximate surface area is 261 Å². The number of anilines is 1. The molecule has 1 saturated heterocycles. The van der Waals surface area contributed by atoms with Gasteiger partial charge in [0.15, 0.2) is 0 Å². The molecule has 3 aromatic carbocycles. The molecule has 4 heterocycles. The molecule has 2 atom stereocenters. The SMILES string of the molecule is O=C(c1cncn1-c1ccc(Cl)cc1F)N1CC(C(=O)N2CCc3cc(O)ccc3C2)C2(C1)C(=O)Nc1ccccc12.O=CO. The van der Waals surface area contributed by atoms with Gasteiger partial charge in [0, 0.05) is 36.9 Å². The minimum Gasteiger partial charge on any atom is -0.508 e. The Balaban J connectivity index is 0.00000115. The Morgan fingerprint density at radius 1 is 1.09 bits per heavy atom. The number of hydrogen-bond acceptors (Lipinski definition) is 6. The summed E-state index contributed by atoms with van der Waals surface area (Å²) in [6.07, 6.45) is 3.25. The number of carbonyl (C=O) groups is 4. The summed E-state index contributed by atoms with van der Waals surface area (Å²) in [5.41, 5.74) is 2.09. The number of carboxylic acid groups (broad SMARTS) is 1. The van der Waals surface area contributed by atoms with E-state index in [0.717, 1.165) is 17.2 Å². The fourth-order valence-electron chi connectivity index (χ4n) is 6.57. The molecule has 1 fully saturated rings. The lowest BCUT2D eigenvalue weighted by atomic mass is 9.72. The van der Waals surface area contributed by atoms with Crippen LogP contribution in [0.4, 0.5) is 10.1 Å². The molecule has 1 aromatic heterocycles. The second kappa shape index (κ2) is 11.7. The van der Waals surface area contributed by atoms with E-state index in [1.165, 1.54) is 34.1 Å². The summed E-state index contributed by atoms with van der Waals surface area (Å²) in [4.78, 5) is 57.8. The third kappa shape index (κ3) is 5.06. The maximum absolute atomic E-state index is 14.8. The van der Waals surface area contributed by atoms with E-state index in [4.69, 9.17) is 21.5 Å². The van der Waals surface area contributed by atoms with Crippen LogP contribution in [-0.2, 0) is 32.8 Å². The van der Waals surface area contributed by atoms with Crippen LogP contribution in [0.3, 0.4) is 0 Å². The minimum absolute atomic E-state index is 0.00731. The van der Waals surface area contributed by atoms with Crippen LogP contribution in [0.5, 0.6) is 5.75 Å². The summed E-state index contributed by atoms with van der Waals surface area (Å²) in [5, 5.41) is 19.9. The van der Waals surface area contributed by atoms with Gasteiger partial charge in [-0.2, -0.15) is 0 Å². The van der Waals surface area contributed by atoms with Gasteiger partial charge in [-0.25, -0.2) is 9.37 Å². The molecule has 3 amide bonds. The number of rotatable bonds is 3. The van der Waals surface area contributed by atoms with E-state index < -0.39 is 23.1 Å². The Morgan fingerprint density at radius 2 is 1.87 bits per heavy atom. The molecule has 4 aromatic rings. The van der Waals surface area contributed by atoms with E-state index >= 15 is 0 Å². The van der Waals surface area contributed by atoms with Gasteiger partial charge in [0.05, 0.1) is 24.1 Å². The molecule has 11 nitrogen and oxygen atoms in total. The molecule has 7 rings (SSSR count). The Morgan fingerprint density at radius 3 is 2.64 bits per heavy atom. The summed E-state index contributed by atoms with van der Waals surface area (Å²) in [6.45, 7) is 0.465.